The second-order valence-electron chi connectivity index (χ2n) is 9.68. The van der Waals surface area contributed by atoms with E-state index < -0.39 is 0 Å². The molecule has 1 amide bonds. The Hall–Kier alpha value is -2.76. The summed E-state index contributed by atoms with van der Waals surface area (Å²) < 4.78 is 14.4. The number of carbonyl (C=O) groups excluding carboxylic acids is 1. The lowest BCUT2D eigenvalue weighted by molar-refractivity contribution is 0.0361. The Morgan fingerprint density at radius 2 is 1.53 bits per heavy atom. The minimum Gasteiger partial charge on any atom is -0.379 e. The second-order valence-corrected chi connectivity index (χ2v) is 10.7. The highest BCUT2D eigenvalue weighted by molar-refractivity contribution is 7.09. The highest BCUT2D eigenvalue weighted by Crippen LogP contribution is 2.25. The first-order chi connectivity index (χ1) is 18.7. The van der Waals surface area contributed by atoms with Crippen LogP contribution in [0.25, 0.3) is 11.3 Å². The number of hydrogen-bond donors (Lipinski definition) is 1. The van der Waals surface area contributed by atoms with Crippen molar-refractivity contribution in [2.75, 3.05) is 72.2 Å². The number of ether oxygens (including phenoxy) is 2. The highest BCUT2D eigenvalue weighted by Gasteiger charge is 2.27. The molecule has 0 atom stereocenters. The van der Waals surface area contributed by atoms with Crippen molar-refractivity contribution >= 4 is 17.2 Å². The molecule has 3 aromatic rings. The average Bonchev–Trinajstić information content (AvgIpc) is 3.58. The minimum atomic E-state index is -0.199. The highest BCUT2D eigenvalue weighted by atomic mass is 32.1. The van der Waals surface area contributed by atoms with Gasteiger partial charge in [0.2, 0.25) is 0 Å². The third-order valence-corrected chi connectivity index (χ3v) is 8.03. The molecule has 2 saturated heterocycles. The van der Waals surface area contributed by atoms with Gasteiger partial charge in [0, 0.05) is 56.3 Å². The molecular formula is C28H37N5O4S. The summed E-state index contributed by atoms with van der Waals surface area (Å²) in [7, 11) is 0. The standard InChI is InChI=1S/C28H37N5O4S/c34-27(29-9-5-10-30-13-17-36-18-14-30)26-25(23-6-2-1-3-7-23)33(22-24-8-4-21-38-24)28(35)32(26)12-11-31-15-19-37-20-16-31/h1-4,6-8,21H,5,9-20,22H2,(H,29,34). The fourth-order valence-electron chi connectivity index (χ4n) is 5.10. The van der Waals surface area contributed by atoms with Crippen LogP contribution in [0.4, 0.5) is 0 Å². The number of carbonyl (C=O) groups is 1. The van der Waals surface area contributed by atoms with Gasteiger partial charge in [0.15, 0.2) is 0 Å². The van der Waals surface area contributed by atoms with Crippen LogP contribution in [0.1, 0.15) is 21.8 Å². The first-order valence-electron chi connectivity index (χ1n) is 13.5. The number of aromatic nitrogens is 2. The number of nitrogens with one attached hydrogen (secondary N) is 1. The Kier molecular flexibility index (Phi) is 9.42. The number of morpholine rings is 2. The van der Waals surface area contributed by atoms with Gasteiger partial charge in [-0.3, -0.25) is 23.7 Å². The lowest BCUT2D eigenvalue weighted by Crippen LogP contribution is -2.40. The van der Waals surface area contributed by atoms with Crippen LogP contribution >= 0.6 is 11.3 Å². The average molecular weight is 540 g/mol. The summed E-state index contributed by atoms with van der Waals surface area (Å²) >= 11 is 1.62. The summed E-state index contributed by atoms with van der Waals surface area (Å²) in [5.74, 6) is -0.199. The normalized spacial score (nSPS) is 17.1. The van der Waals surface area contributed by atoms with E-state index in [-0.39, 0.29) is 11.6 Å². The van der Waals surface area contributed by atoms with Crippen molar-refractivity contribution in [1.29, 1.82) is 0 Å². The predicted octanol–water partition coefficient (Wildman–Crippen LogP) is 2.21. The SMILES string of the molecule is O=C(NCCCN1CCOCC1)c1c(-c2ccccc2)n(Cc2cccs2)c(=O)n1CCN1CCOCC1. The molecule has 4 heterocycles. The number of nitrogens with zero attached hydrogens (tertiary/aromatic N) is 4. The summed E-state index contributed by atoms with van der Waals surface area (Å²) in [5, 5.41) is 5.14. The van der Waals surface area contributed by atoms with Crippen LogP contribution in [0.5, 0.6) is 0 Å². The molecule has 2 fully saturated rings. The van der Waals surface area contributed by atoms with Crippen molar-refractivity contribution < 1.29 is 14.3 Å². The van der Waals surface area contributed by atoms with Crippen molar-refractivity contribution in [3.8, 4) is 11.3 Å². The van der Waals surface area contributed by atoms with Crippen LogP contribution in [-0.2, 0) is 22.6 Å². The summed E-state index contributed by atoms with van der Waals surface area (Å²) in [6.45, 7) is 9.49. The molecule has 0 spiro atoms. The second kappa shape index (κ2) is 13.3. The van der Waals surface area contributed by atoms with Gasteiger partial charge >= 0.3 is 5.69 Å². The monoisotopic (exact) mass is 539 g/mol. The van der Waals surface area contributed by atoms with Gasteiger partial charge in [-0.25, -0.2) is 4.79 Å². The maximum absolute atomic E-state index is 13.9. The number of imidazole rings is 1. The Morgan fingerprint density at radius 3 is 2.18 bits per heavy atom. The molecule has 5 rings (SSSR count). The fraction of sp³-hybridized carbons (Fsp3) is 0.500. The molecule has 0 aliphatic carbocycles. The van der Waals surface area contributed by atoms with Crippen LogP contribution in [0.2, 0.25) is 0 Å². The number of amides is 1. The van der Waals surface area contributed by atoms with Crippen LogP contribution in [0.15, 0.2) is 52.6 Å². The van der Waals surface area contributed by atoms with E-state index in [0.717, 1.165) is 62.8 Å². The third-order valence-electron chi connectivity index (χ3n) is 7.17. The van der Waals surface area contributed by atoms with Crippen LogP contribution in [-0.4, -0.2) is 97.1 Å². The summed E-state index contributed by atoms with van der Waals surface area (Å²) in [6, 6.07) is 13.8. The van der Waals surface area contributed by atoms with Crippen molar-refractivity contribution in [2.24, 2.45) is 0 Å². The molecule has 10 heteroatoms. The molecule has 0 unspecified atom stereocenters. The Morgan fingerprint density at radius 1 is 0.842 bits per heavy atom. The van der Waals surface area contributed by atoms with Gasteiger partial charge in [-0.2, -0.15) is 0 Å². The zero-order valence-electron chi connectivity index (χ0n) is 21.8. The lowest BCUT2D eigenvalue weighted by Gasteiger charge is -2.26. The van der Waals surface area contributed by atoms with Crippen LogP contribution in [0.3, 0.4) is 0 Å². The smallest absolute Gasteiger partial charge is 0.329 e. The topological polar surface area (TPSA) is 81.0 Å². The van der Waals surface area contributed by atoms with Gasteiger partial charge < -0.3 is 14.8 Å². The number of hydrogen-bond acceptors (Lipinski definition) is 7. The Labute approximate surface area is 227 Å². The maximum atomic E-state index is 13.9. The number of rotatable bonds is 11. The quantitative estimate of drug-likeness (QED) is 0.377. The predicted molar refractivity (Wildman–Crippen MR) is 149 cm³/mol. The molecule has 0 bridgehead atoms. The van der Waals surface area contributed by atoms with Crippen molar-refractivity contribution in [3.05, 3.63) is 68.9 Å². The van der Waals surface area contributed by atoms with E-state index in [4.69, 9.17) is 9.47 Å². The van der Waals surface area contributed by atoms with Gasteiger partial charge in [-0.15, -0.1) is 11.3 Å². The first-order valence-corrected chi connectivity index (χ1v) is 14.4. The van der Waals surface area contributed by atoms with Crippen molar-refractivity contribution in [1.82, 2.24) is 24.3 Å². The zero-order valence-corrected chi connectivity index (χ0v) is 22.7. The van der Waals surface area contributed by atoms with E-state index in [0.29, 0.717) is 50.8 Å². The third kappa shape index (κ3) is 6.62. The van der Waals surface area contributed by atoms with Crippen LogP contribution in [0, 0.1) is 0 Å². The molecule has 9 nitrogen and oxygen atoms in total. The van der Waals surface area contributed by atoms with E-state index in [1.165, 1.54) is 0 Å². The Balaban J connectivity index is 1.43. The molecule has 0 saturated carbocycles. The van der Waals surface area contributed by atoms with Gasteiger partial charge in [-0.1, -0.05) is 36.4 Å². The van der Waals surface area contributed by atoms with E-state index in [1.807, 2.05) is 47.8 Å². The van der Waals surface area contributed by atoms with Gasteiger partial charge in [-0.05, 0) is 24.4 Å². The maximum Gasteiger partial charge on any atom is 0.329 e. The van der Waals surface area contributed by atoms with E-state index in [2.05, 4.69) is 15.1 Å². The van der Waals surface area contributed by atoms with Gasteiger partial charge in [0.25, 0.3) is 5.91 Å². The molecule has 2 aliphatic rings. The van der Waals surface area contributed by atoms with E-state index >= 15 is 0 Å². The van der Waals surface area contributed by atoms with Crippen LogP contribution < -0.4 is 11.0 Å². The van der Waals surface area contributed by atoms with E-state index in [9.17, 15) is 9.59 Å². The summed E-state index contributed by atoms with van der Waals surface area (Å²) in [5.41, 5.74) is 1.84. The first kappa shape index (κ1) is 26.8. The van der Waals surface area contributed by atoms with Crippen molar-refractivity contribution in [2.45, 2.75) is 19.5 Å². The lowest BCUT2D eigenvalue weighted by atomic mass is 10.1. The summed E-state index contributed by atoms with van der Waals surface area (Å²) in [4.78, 5) is 33.4. The molecule has 2 aromatic heterocycles. The largest absolute Gasteiger partial charge is 0.379 e. The van der Waals surface area contributed by atoms with Gasteiger partial charge in [0.05, 0.1) is 38.7 Å². The molecule has 0 radical (unpaired) electrons. The molecule has 2 aliphatic heterocycles. The van der Waals surface area contributed by atoms with Gasteiger partial charge in [0.1, 0.15) is 5.69 Å². The summed E-state index contributed by atoms with van der Waals surface area (Å²) in [6.07, 6.45) is 0.848. The van der Waals surface area contributed by atoms with E-state index in [1.54, 1.807) is 20.5 Å². The minimum absolute atomic E-state index is 0.149. The number of benzene rings is 1. The molecule has 204 valence electrons. The molecular weight excluding hydrogens is 502 g/mol. The molecule has 1 N–H and O–H groups in total. The molecule has 38 heavy (non-hydrogen) atoms. The fourth-order valence-corrected chi connectivity index (χ4v) is 5.80. The zero-order chi connectivity index (χ0) is 26.2. The molecule has 1 aromatic carbocycles. The number of thiophene rings is 1. The Bertz CT molecular complexity index is 1210. The van der Waals surface area contributed by atoms with Crippen molar-refractivity contribution in [3.63, 3.8) is 0 Å².